The van der Waals surface area contributed by atoms with Crippen LogP contribution in [0.5, 0.6) is 5.75 Å². The molecule has 8 heteroatoms. The van der Waals surface area contributed by atoms with Crippen LogP contribution < -0.4 is 21.1 Å². The Kier molecular flexibility index (Phi) is 8.22. The molecule has 1 atom stereocenters. The largest absolute Gasteiger partial charge is 0.491 e. The van der Waals surface area contributed by atoms with Gasteiger partial charge in [0.15, 0.2) is 5.65 Å². The Morgan fingerprint density at radius 2 is 2.06 bits per heavy atom. The first kappa shape index (κ1) is 23.0. The molecule has 3 aromatic rings. The Labute approximate surface area is 183 Å². The van der Waals surface area contributed by atoms with E-state index in [4.69, 9.17) is 15.5 Å². The number of unbranched alkanes of at least 4 members (excludes halogenated alkanes) is 1. The third-order valence-corrected chi connectivity index (χ3v) is 5.01. The molecule has 0 bridgehead atoms. The summed E-state index contributed by atoms with van der Waals surface area (Å²) in [5.41, 5.74) is 9.29. The zero-order valence-electron chi connectivity index (χ0n) is 18.6. The summed E-state index contributed by atoms with van der Waals surface area (Å²) in [6, 6.07) is 10.1. The zero-order valence-corrected chi connectivity index (χ0v) is 18.6. The van der Waals surface area contributed by atoms with E-state index in [0.717, 1.165) is 47.4 Å². The van der Waals surface area contributed by atoms with Gasteiger partial charge in [0.25, 0.3) is 0 Å². The number of pyridine rings is 1. The summed E-state index contributed by atoms with van der Waals surface area (Å²) in [4.78, 5) is 4.92. The smallest absolute Gasteiger partial charge is 0.160 e. The van der Waals surface area contributed by atoms with Crippen molar-refractivity contribution >= 4 is 16.7 Å². The lowest BCUT2D eigenvalue weighted by molar-refractivity contribution is 0.108. The van der Waals surface area contributed by atoms with Gasteiger partial charge in [-0.1, -0.05) is 12.1 Å². The molecule has 168 valence electrons. The fourth-order valence-corrected chi connectivity index (χ4v) is 3.41. The standard InChI is InChI=1S/C23H34N6O2/c1-16(2)29-23-20(14-27-29)22(26-10-5-4-9-24)12-21(28-23)17-7-6-8-19(11-17)31-15-18(30)13-25-3/h6-8,11-12,14,16,18,25,30H,4-5,9-10,13,15,24H2,1-3H3,(H,26,28). The first-order chi connectivity index (χ1) is 15.0. The Hall–Kier alpha value is -2.68. The number of hydrogen-bond acceptors (Lipinski definition) is 7. The number of anilines is 1. The molecule has 0 aliphatic carbocycles. The summed E-state index contributed by atoms with van der Waals surface area (Å²) in [5.74, 6) is 0.698. The Morgan fingerprint density at radius 3 is 2.81 bits per heavy atom. The van der Waals surface area contributed by atoms with Crippen LogP contribution in [0.15, 0.2) is 36.5 Å². The van der Waals surface area contributed by atoms with Gasteiger partial charge in [0.05, 0.1) is 17.3 Å². The molecule has 1 unspecified atom stereocenters. The minimum absolute atomic E-state index is 0.202. The van der Waals surface area contributed by atoms with Crippen LogP contribution in [-0.2, 0) is 0 Å². The predicted octanol–water partition coefficient (Wildman–Crippen LogP) is 2.79. The van der Waals surface area contributed by atoms with Crippen molar-refractivity contribution in [2.45, 2.75) is 38.8 Å². The number of aliphatic hydroxyl groups excluding tert-OH is 1. The summed E-state index contributed by atoms with van der Waals surface area (Å²) in [6.07, 6.45) is 3.30. The number of rotatable bonds is 12. The van der Waals surface area contributed by atoms with Crippen LogP contribution in [0.25, 0.3) is 22.3 Å². The van der Waals surface area contributed by atoms with Crippen molar-refractivity contribution in [3.8, 4) is 17.0 Å². The molecule has 0 saturated heterocycles. The van der Waals surface area contributed by atoms with Crippen LogP contribution in [0.4, 0.5) is 5.69 Å². The van der Waals surface area contributed by atoms with Gasteiger partial charge in [-0.05, 0) is 58.5 Å². The second-order valence-electron chi connectivity index (χ2n) is 7.95. The van der Waals surface area contributed by atoms with Gasteiger partial charge in [-0.3, -0.25) is 0 Å². The minimum atomic E-state index is -0.562. The molecular weight excluding hydrogens is 392 g/mol. The van der Waals surface area contributed by atoms with Crippen LogP contribution >= 0.6 is 0 Å². The first-order valence-corrected chi connectivity index (χ1v) is 10.9. The molecule has 2 heterocycles. The van der Waals surface area contributed by atoms with Crippen LogP contribution in [-0.4, -0.2) is 59.3 Å². The van der Waals surface area contributed by atoms with E-state index >= 15 is 0 Å². The molecule has 0 amide bonds. The number of benzene rings is 1. The summed E-state index contributed by atoms with van der Waals surface area (Å²) in [5, 5.41) is 21.9. The monoisotopic (exact) mass is 426 g/mol. The Balaban J connectivity index is 1.91. The highest BCUT2D eigenvalue weighted by Crippen LogP contribution is 2.31. The molecule has 0 saturated carbocycles. The summed E-state index contributed by atoms with van der Waals surface area (Å²) >= 11 is 0. The van der Waals surface area contributed by atoms with Gasteiger partial charge < -0.3 is 26.2 Å². The van der Waals surface area contributed by atoms with Gasteiger partial charge >= 0.3 is 0 Å². The molecule has 31 heavy (non-hydrogen) atoms. The number of ether oxygens (including phenoxy) is 1. The van der Waals surface area contributed by atoms with E-state index in [-0.39, 0.29) is 12.6 Å². The van der Waals surface area contributed by atoms with E-state index in [2.05, 4.69) is 35.6 Å². The number of aliphatic hydroxyl groups is 1. The normalized spacial score (nSPS) is 12.5. The van der Waals surface area contributed by atoms with Gasteiger partial charge in [0.2, 0.25) is 0 Å². The molecule has 0 spiro atoms. The number of likely N-dealkylation sites (N-methyl/N-ethyl adjacent to an activating group) is 1. The van der Waals surface area contributed by atoms with Gasteiger partial charge in [0, 0.05) is 30.4 Å². The second kappa shape index (κ2) is 11.1. The molecule has 3 rings (SSSR count). The lowest BCUT2D eigenvalue weighted by Gasteiger charge is -2.14. The van der Waals surface area contributed by atoms with Gasteiger partial charge in [-0.15, -0.1) is 0 Å². The Bertz CT molecular complexity index is 972. The van der Waals surface area contributed by atoms with E-state index in [1.807, 2.05) is 35.1 Å². The van der Waals surface area contributed by atoms with Crippen molar-refractivity contribution in [2.75, 3.05) is 38.6 Å². The summed E-state index contributed by atoms with van der Waals surface area (Å²) in [6.45, 7) is 6.44. The highest BCUT2D eigenvalue weighted by molar-refractivity contribution is 5.91. The third kappa shape index (κ3) is 5.94. The van der Waals surface area contributed by atoms with Crippen LogP contribution in [0.2, 0.25) is 0 Å². The topological polar surface area (TPSA) is 110 Å². The van der Waals surface area contributed by atoms with Gasteiger partial charge in [-0.2, -0.15) is 5.10 Å². The molecule has 0 aliphatic heterocycles. The second-order valence-corrected chi connectivity index (χ2v) is 7.95. The average Bonchev–Trinajstić information content (AvgIpc) is 3.20. The van der Waals surface area contributed by atoms with Crippen molar-refractivity contribution in [3.05, 3.63) is 36.5 Å². The highest BCUT2D eigenvalue weighted by atomic mass is 16.5. The third-order valence-electron chi connectivity index (χ3n) is 5.01. The highest BCUT2D eigenvalue weighted by Gasteiger charge is 2.14. The van der Waals surface area contributed by atoms with E-state index in [1.54, 1.807) is 7.05 Å². The summed E-state index contributed by atoms with van der Waals surface area (Å²) in [7, 11) is 1.80. The summed E-state index contributed by atoms with van der Waals surface area (Å²) < 4.78 is 7.72. The Morgan fingerprint density at radius 1 is 1.23 bits per heavy atom. The number of aromatic nitrogens is 3. The van der Waals surface area contributed by atoms with Crippen LogP contribution in [0, 0.1) is 0 Å². The van der Waals surface area contributed by atoms with E-state index in [9.17, 15) is 5.11 Å². The quantitative estimate of drug-likeness (QED) is 0.330. The van der Waals surface area contributed by atoms with E-state index in [1.165, 1.54) is 0 Å². The SMILES string of the molecule is CNCC(O)COc1cccc(-c2cc(NCCCCN)c3cnn(C(C)C)c3n2)c1. The lowest BCUT2D eigenvalue weighted by atomic mass is 10.1. The maximum Gasteiger partial charge on any atom is 0.160 e. The lowest BCUT2D eigenvalue weighted by Crippen LogP contribution is -2.29. The van der Waals surface area contributed by atoms with Crippen LogP contribution in [0.3, 0.4) is 0 Å². The number of nitrogens with zero attached hydrogens (tertiary/aromatic N) is 3. The molecule has 2 aromatic heterocycles. The van der Waals surface area contributed by atoms with Gasteiger partial charge in [0.1, 0.15) is 18.5 Å². The van der Waals surface area contributed by atoms with Gasteiger partial charge in [-0.25, -0.2) is 9.67 Å². The predicted molar refractivity (Wildman–Crippen MR) is 126 cm³/mol. The van der Waals surface area contributed by atoms with Crippen LogP contribution in [0.1, 0.15) is 32.7 Å². The zero-order chi connectivity index (χ0) is 22.2. The minimum Gasteiger partial charge on any atom is -0.491 e. The molecule has 0 radical (unpaired) electrons. The fraction of sp³-hybridized carbons (Fsp3) is 0.478. The molecule has 5 N–H and O–H groups in total. The molecular formula is C23H34N6O2. The molecule has 0 aliphatic rings. The maximum absolute atomic E-state index is 9.91. The molecule has 1 aromatic carbocycles. The fourth-order valence-electron chi connectivity index (χ4n) is 3.41. The maximum atomic E-state index is 9.91. The first-order valence-electron chi connectivity index (χ1n) is 10.9. The number of fused-ring (bicyclic) bond motifs is 1. The van der Waals surface area contributed by atoms with E-state index in [0.29, 0.717) is 18.8 Å². The molecule has 0 fully saturated rings. The number of hydrogen-bond donors (Lipinski definition) is 4. The number of nitrogens with two attached hydrogens (primary N) is 1. The van der Waals surface area contributed by atoms with Crippen molar-refractivity contribution in [2.24, 2.45) is 5.73 Å². The van der Waals surface area contributed by atoms with Crippen molar-refractivity contribution in [3.63, 3.8) is 0 Å². The van der Waals surface area contributed by atoms with Crippen molar-refractivity contribution in [1.82, 2.24) is 20.1 Å². The molecule has 8 nitrogen and oxygen atoms in total. The number of nitrogens with one attached hydrogen (secondary N) is 2. The van der Waals surface area contributed by atoms with Crippen molar-refractivity contribution < 1.29 is 9.84 Å². The van der Waals surface area contributed by atoms with E-state index < -0.39 is 6.10 Å². The average molecular weight is 427 g/mol. The van der Waals surface area contributed by atoms with Crippen molar-refractivity contribution in [1.29, 1.82) is 0 Å².